The molecule has 1 heteroatoms. The molecule has 116 valence electrons. The highest BCUT2D eigenvalue weighted by molar-refractivity contribution is 6.24. The first kappa shape index (κ1) is 13.0. The number of nitrogens with zero attached hydrogens (tertiary/aromatic N) is 1. The molecule has 2 aromatic heterocycles. The van der Waals surface area contributed by atoms with Crippen LogP contribution in [0.1, 0.15) is 0 Å². The van der Waals surface area contributed by atoms with Gasteiger partial charge in [0.2, 0.25) is 0 Å². The maximum absolute atomic E-state index is 2.42. The number of benzene rings is 4. The van der Waals surface area contributed by atoms with Gasteiger partial charge in [0, 0.05) is 21.5 Å². The molecule has 2 heterocycles. The number of fused-ring (bicyclic) bond motifs is 6. The van der Waals surface area contributed by atoms with Crippen molar-refractivity contribution in [3.8, 4) is 11.1 Å². The van der Waals surface area contributed by atoms with E-state index in [9.17, 15) is 0 Å². The molecule has 0 unspecified atom stereocenters. The molecular weight excluding hydrogens is 302 g/mol. The van der Waals surface area contributed by atoms with E-state index in [4.69, 9.17) is 0 Å². The fourth-order valence-corrected chi connectivity index (χ4v) is 4.25. The summed E-state index contributed by atoms with van der Waals surface area (Å²) in [7, 11) is 0. The molecule has 0 aliphatic carbocycles. The highest BCUT2D eigenvalue weighted by atomic mass is 14.9. The number of hydrogen-bond acceptors (Lipinski definition) is 0. The standard InChI is InChI=1S/C24H15N/c1-2-8-16(9-3-1)17-14-20-18-10-4-6-12-22(18)25-23-13-7-5-11-19(23)21(15-17)24(20)25/h1-15H. The minimum Gasteiger partial charge on any atom is -0.308 e. The average Bonchev–Trinajstić information content (AvgIpc) is 3.20. The topological polar surface area (TPSA) is 4.41 Å². The van der Waals surface area contributed by atoms with Crippen LogP contribution < -0.4 is 0 Å². The van der Waals surface area contributed by atoms with Crippen molar-refractivity contribution in [1.82, 2.24) is 4.40 Å². The van der Waals surface area contributed by atoms with Gasteiger partial charge >= 0.3 is 0 Å². The molecule has 0 spiro atoms. The van der Waals surface area contributed by atoms with Gasteiger partial charge in [0.25, 0.3) is 0 Å². The maximum Gasteiger partial charge on any atom is 0.0620 e. The fraction of sp³-hybridized carbons (Fsp3) is 0. The van der Waals surface area contributed by atoms with Crippen LogP contribution in [0.4, 0.5) is 0 Å². The zero-order chi connectivity index (χ0) is 16.4. The first-order valence-corrected chi connectivity index (χ1v) is 8.64. The largest absolute Gasteiger partial charge is 0.308 e. The Bertz CT molecular complexity index is 1290. The SMILES string of the molecule is c1ccc(-c2cc3c4ccccc4n4c5ccccc5c(c2)c34)cc1. The van der Waals surface area contributed by atoms with Gasteiger partial charge in [0.1, 0.15) is 0 Å². The van der Waals surface area contributed by atoms with Gasteiger partial charge in [-0.15, -0.1) is 0 Å². The highest BCUT2D eigenvalue weighted by Crippen LogP contribution is 2.41. The smallest absolute Gasteiger partial charge is 0.0620 e. The Kier molecular flexibility index (Phi) is 2.40. The predicted molar refractivity (Wildman–Crippen MR) is 107 cm³/mol. The summed E-state index contributed by atoms with van der Waals surface area (Å²) >= 11 is 0. The molecule has 0 amide bonds. The van der Waals surface area contributed by atoms with Crippen LogP contribution in [0, 0.1) is 0 Å². The van der Waals surface area contributed by atoms with E-state index < -0.39 is 0 Å². The van der Waals surface area contributed by atoms with Crippen LogP contribution in [0.25, 0.3) is 49.2 Å². The van der Waals surface area contributed by atoms with Gasteiger partial charge in [-0.05, 0) is 35.4 Å². The van der Waals surface area contributed by atoms with Crippen molar-refractivity contribution in [2.45, 2.75) is 0 Å². The van der Waals surface area contributed by atoms with Gasteiger partial charge in [-0.1, -0.05) is 66.7 Å². The van der Waals surface area contributed by atoms with E-state index in [0.717, 1.165) is 0 Å². The molecule has 6 aromatic rings. The van der Waals surface area contributed by atoms with E-state index in [-0.39, 0.29) is 0 Å². The van der Waals surface area contributed by atoms with Crippen molar-refractivity contribution in [3.63, 3.8) is 0 Å². The van der Waals surface area contributed by atoms with Crippen LogP contribution in [-0.2, 0) is 0 Å². The second-order valence-corrected chi connectivity index (χ2v) is 6.66. The number of rotatable bonds is 1. The molecule has 25 heavy (non-hydrogen) atoms. The quantitative estimate of drug-likeness (QED) is 0.326. The van der Waals surface area contributed by atoms with Crippen molar-refractivity contribution in [2.75, 3.05) is 0 Å². The van der Waals surface area contributed by atoms with Gasteiger partial charge in [-0.25, -0.2) is 0 Å². The summed E-state index contributed by atoms with van der Waals surface area (Å²) in [5, 5.41) is 5.32. The Morgan fingerprint density at radius 1 is 0.440 bits per heavy atom. The van der Waals surface area contributed by atoms with Crippen LogP contribution in [0.15, 0.2) is 91.0 Å². The lowest BCUT2D eigenvalue weighted by atomic mass is 9.99. The zero-order valence-corrected chi connectivity index (χ0v) is 13.6. The molecular formula is C24H15N. The summed E-state index contributed by atoms with van der Waals surface area (Å²) in [5.41, 5.74) is 6.45. The van der Waals surface area contributed by atoms with E-state index in [1.54, 1.807) is 0 Å². The van der Waals surface area contributed by atoms with Crippen LogP contribution in [0.3, 0.4) is 0 Å². The Balaban J connectivity index is 1.92. The van der Waals surface area contributed by atoms with Gasteiger partial charge in [0.05, 0.1) is 16.6 Å². The van der Waals surface area contributed by atoms with Crippen molar-refractivity contribution in [2.24, 2.45) is 0 Å². The van der Waals surface area contributed by atoms with E-state index in [2.05, 4.69) is 95.4 Å². The van der Waals surface area contributed by atoms with Gasteiger partial charge in [-0.3, -0.25) is 0 Å². The molecule has 0 saturated carbocycles. The number of para-hydroxylation sites is 2. The monoisotopic (exact) mass is 317 g/mol. The minimum atomic E-state index is 1.27. The number of aromatic nitrogens is 1. The first-order valence-electron chi connectivity index (χ1n) is 8.64. The summed E-state index contributed by atoms with van der Waals surface area (Å²) in [4.78, 5) is 0. The van der Waals surface area contributed by atoms with Crippen LogP contribution in [0.2, 0.25) is 0 Å². The van der Waals surface area contributed by atoms with Gasteiger partial charge < -0.3 is 4.40 Å². The van der Waals surface area contributed by atoms with Crippen molar-refractivity contribution in [1.29, 1.82) is 0 Å². The van der Waals surface area contributed by atoms with Crippen molar-refractivity contribution < 1.29 is 0 Å². The molecule has 0 aliphatic heterocycles. The lowest BCUT2D eigenvalue weighted by Crippen LogP contribution is -1.79. The minimum absolute atomic E-state index is 1.27. The first-order chi connectivity index (χ1) is 12.4. The van der Waals surface area contributed by atoms with Gasteiger partial charge in [0.15, 0.2) is 0 Å². The lowest BCUT2D eigenvalue weighted by molar-refractivity contribution is 1.37. The van der Waals surface area contributed by atoms with E-state index in [1.807, 2.05) is 0 Å². The summed E-state index contributed by atoms with van der Waals surface area (Å²) < 4.78 is 2.42. The molecule has 0 fully saturated rings. The van der Waals surface area contributed by atoms with E-state index >= 15 is 0 Å². The fourth-order valence-electron chi connectivity index (χ4n) is 4.25. The molecule has 0 saturated heterocycles. The summed E-state index contributed by atoms with van der Waals surface area (Å²) in [5.74, 6) is 0. The predicted octanol–water partition coefficient (Wildman–Crippen LogP) is 6.50. The zero-order valence-electron chi connectivity index (χ0n) is 13.6. The highest BCUT2D eigenvalue weighted by Gasteiger charge is 2.17. The van der Waals surface area contributed by atoms with Crippen LogP contribution >= 0.6 is 0 Å². The summed E-state index contributed by atoms with van der Waals surface area (Å²) in [6.45, 7) is 0. The third-order valence-electron chi connectivity index (χ3n) is 5.31. The summed E-state index contributed by atoms with van der Waals surface area (Å²) in [6.07, 6.45) is 0. The van der Waals surface area contributed by atoms with Crippen LogP contribution in [-0.4, -0.2) is 4.40 Å². The average molecular weight is 317 g/mol. The second kappa shape index (κ2) is 4.61. The van der Waals surface area contributed by atoms with Crippen molar-refractivity contribution >= 4 is 38.1 Å². The van der Waals surface area contributed by atoms with Crippen LogP contribution in [0.5, 0.6) is 0 Å². The number of hydrogen-bond donors (Lipinski definition) is 0. The summed E-state index contributed by atoms with van der Waals surface area (Å²) in [6, 6.07) is 32.8. The van der Waals surface area contributed by atoms with E-state index in [0.29, 0.717) is 0 Å². The normalized spacial score (nSPS) is 12.0. The van der Waals surface area contributed by atoms with Gasteiger partial charge in [-0.2, -0.15) is 0 Å². The maximum atomic E-state index is 2.42. The Labute approximate surface area is 145 Å². The Hall–Kier alpha value is -3.32. The Morgan fingerprint density at radius 2 is 0.960 bits per heavy atom. The molecule has 6 rings (SSSR count). The molecule has 1 nitrogen and oxygen atoms in total. The molecule has 4 aromatic carbocycles. The lowest BCUT2D eigenvalue weighted by Gasteiger charge is -2.03. The van der Waals surface area contributed by atoms with E-state index in [1.165, 1.54) is 49.2 Å². The second-order valence-electron chi connectivity index (χ2n) is 6.66. The molecule has 0 atom stereocenters. The third kappa shape index (κ3) is 1.62. The molecule has 0 N–H and O–H groups in total. The van der Waals surface area contributed by atoms with Crippen molar-refractivity contribution in [3.05, 3.63) is 91.0 Å². The molecule has 0 radical (unpaired) electrons. The third-order valence-corrected chi connectivity index (χ3v) is 5.31. The Morgan fingerprint density at radius 3 is 1.56 bits per heavy atom. The molecule has 0 aliphatic rings. The molecule has 0 bridgehead atoms.